The van der Waals surface area contributed by atoms with E-state index in [-0.39, 0.29) is 23.9 Å². The largest absolute Gasteiger partial charge is 0.507 e. The van der Waals surface area contributed by atoms with Gasteiger partial charge in [-0.25, -0.2) is 0 Å². The van der Waals surface area contributed by atoms with Crippen molar-refractivity contribution in [2.45, 2.75) is 25.0 Å². The van der Waals surface area contributed by atoms with E-state index in [1.807, 2.05) is 0 Å². The Kier molecular flexibility index (Phi) is 3.03. The molecule has 0 aliphatic carbocycles. The first-order valence-electron chi connectivity index (χ1n) is 6.07. The summed E-state index contributed by atoms with van der Waals surface area (Å²) in [6, 6.07) is 4.91. The monoisotopic (exact) mass is 311 g/mol. The number of halogens is 1. The molecule has 2 aliphatic rings. The Morgan fingerprint density at radius 2 is 2.00 bits per heavy atom. The van der Waals surface area contributed by atoms with Crippen molar-refractivity contribution >= 4 is 21.8 Å². The van der Waals surface area contributed by atoms with Crippen LogP contribution in [0.2, 0.25) is 0 Å². The van der Waals surface area contributed by atoms with Crippen LogP contribution in [0.3, 0.4) is 0 Å². The zero-order valence-electron chi connectivity index (χ0n) is 9.80. The molecule has 0 radical (unpaired) electrons. The predicted molar refractivity (Wildman–Crippen MR) is 69.6 cm³/mol. The fraction of sp³-hybridized carbons (Fsp3) is 0.462. The normalized spacial score (nSPS) is 26.4. The molecule has 18 heavy (non-hydrogen) atoms. The van der Waals surface area contributed by atoms with Gasteiger partial charge in [0.25, 0.3) is 5.91 Å². The summed E-state index contributed by atoms with van der Waals surface area (Å²) >= 11 is 3.32. The summed E-state index contributed by atoms with van der Waals surface area (Å²) < 4.78 is 6.49. The van der Waals surface area contributed by atoms with Gasteiger partial charge in [0, 0.05) is 17.6 Å². The lowest BCUT2D eigenvalue weighted by Gasteiger charge is -2.32. The van der Waals surface area contributed by atoms with Gasteiger partial charge in [0.15, 0.2) is 0 Å². The molecule has 1 N–H and O–H groups in total. The SMILES string of the molecule is O=C(c1cc(Br)ccc1O)N1CC2CCC(C1)O2. The van der Waals surface area contributed by atoms with E-state index in [4.69, 9.17) is 4.74 Å². The van der Waals surface area contributed by atoms with Crippen LogP contribution in [0.1, 0.15) is 23.2 Å². The van der Waals surface area contributed by atoms with Crippen LogP contribution in [0.25, 0.3) is 0 Å². The molecule has 0 saturated carbocycles. The molecule has 2 saturated heterocycles. The second-order valence-corrected chi connectivity index (χ2v) is 5.74. The fourth-order valence-corrected chi connectivity index (χ4v) is 2.99. The molecule has 2 fully saturated rings. The van der Waals surface area contributed by atoms with Gasteiger partial charge >= 0.3 is 0 Å². The van der Waals surface area contributed by atoms with Crippen molar-refractivity contribution in [3.05, 3.63) is 28.2 Å². The zero-order chi connectivity index (χ0) is 12.7. The topological polar surface area (TPSA) is 49.8 Å². The maximum absolute atomic E-state index is 12.4. The highest BCUT2D eigenvalue weighted by atomic mass is 79.9. The number of phenolic OH excluding ortho intramolecular Hbond substituents is 1. The van der Waals surface area contributed by atoms with Crippen LogP contribution in [0.5, 0.6) is 5.75 Å². The van der Waals surface area contributed by atoms with Gasteiger partial charge in [-0.1, -0.05) is 15.9 Å². The van der Waals surface area contributed by atoms with Gasteiger partial charge in [-0.15, -0.1) is 0 Å². The second kappa shape index (κ2) is 4.55. The smallest absolute Gasteiger partial charge is 0.257 e. The Hall–Kier alpha value is -1.07. The molecule has 2 aliphatic heterocycles. The average molecular weight is 312 g/mol. The number of aromatic hydroxyl groups is 1. The summed E-state index contributed by atoms with van der Waals surface area (Å²) in [5.74, 6) is -0.0870. The number of benzene rings is 1. The van der Waals surface area contributed by atoms with E-state index in [0.717, 1.165) is 17.3 Å². The third-order valence-corrected chi connectivity index (χ3v) is 4.01. The van der Waals surface area contributed by atoms with Gasteiger partial charge in [0.2, 0.25) is 0 Å². The Morgan fingerprint density at radius 3 is 2.67 bits per heavy atom. The fourth-order valence-electron chi connectivity index (χ4n) is 2.63. The number of rotatable bonds is 1. The van der Waals surface area contributed by atoms with Gasteiger partial charge < -0.3 is 14.7 Å². The van der Waals surface area contributed by atoms with Gasteiger partial charge in [-0.2, -0.15) is 0 Å². The number of hydrogen-bond donors (Lipinski definition) is 1. The highest BCUT2D eigenvalue weighted by Crippen LogP contribution is 2.29. The number of nitrogens with zero attached hydrogens (tertiary/aromatic N) is 1. The molecule has 1 aromatic carbocycles. The summed E-state index contributed by atoms with van der Waals surface area (Å²) in [5.41, 5.74) is 0.352. The van der Waals surface area contributed by atoms with E-state index in [1.54, 1.807) is 17.0 Å². The van der Waals surface area contributed by atoms with E-state index in [1.165, 1.54) is 6.07 Å². The van der Waals surface area contributed by atoms with Crippen LogP contribution in [-0.4, -0.2) is 41.2 Å². The van der Waals surface area contributed by atoms with Crippen molar-refractivity contribution in [1.29, 1.82) is 0 Å². The highest BCUT2D eigenvalue weighted by Gasteiger charge is 2.36. The molecule has 2 heterocycles. The number of likely N-dealkylation sites (tertiary alicyclic amines) is 1. The van der Waals surface area contributed by atoms with Gasteiger partial charge in [0.05, 0.1) is 17.8 Å². The molecule has 1 amide bonds. The number of amides is 1. The van der Waals surface area contributed by atoms with Gasteiger partial charge in [-0.3, -0.25) is 4.79 Å². The molecule has 3 rings (SSSR count). The van der Waals surface area contributed by atoms with Crippen LogP contribution in [0.4, 0.5) is 0 Å². The number of ether oxygens (including phenoxy) is 1. The lowest BCUT2D eigenvalue weighted by atomic mass is 10.1. The molecule has 4 nitrogen and oxygen atoms in total. The molecule has 0 aromatic heterocycles. The van der Waals surface area contributed by atoms with E-state index in [9.17, 15) is 9.90 Å². The minimum atomic E-state index is -0.117. The Bertz CT molecular complexity index is 479. The Balaban J connectivity index is 1.84. The maximum Gasteiger partial charge on any atom is 0.257 e. The highest BCUT2D eigenvalue weighted by molar-refractivity contribution is 9.10. The molecule has 1 aromatic rings. The maximum atomic E-state index is 12.4. The second-order valence-electron chi connectivity index (χ2n) is 4.83. The lowest BCUT2D eigenvalue weighted by molar-refractivity contribution is -0.0304. The number of carbonyl (C=O) groups excluding carboxylic acids is 1. The number of fused-ring (bicyclic) bond motifs is 2. The summed E-state index contributed by atoms with van der Waals surface area (Å²) in [6.07, 6.45) is 2.39. The van der Waals surface area contributed by atoms with Crippen LogP contribution in [0, 0.1) is 0 Å². The van der Waals surface area contributed by atoms with Crippen molar-refractivity contribution < 1.29 is 14.6 Å². The van der Waals surface area contributed by atoms with Crippen molar-refractivity contribution in [2.24, 2.45) is 0 Å². The minimum absolute atomic E-state index is 0.0297. The number of hydrogen-bond acceptors (Lipinski definition) is 3. The summed E-state index contributed by atoms with van der Waals surface area (Å²) in [4.78, 5) is 14.2. The minimum Gasteiger partial charge on any atom is -0.507 e. The van der Waals surface area contributed by atoms with Crippen molar-refractivity contribution in [3.8, 4) is 5.75 Å². The quantitative estimate of drug-likeness (QED) is 0.864. The number of morpholine rings is 1. The van der Waals surface area contributed by atoms with Crippen LogP contribution in [-0.2, 0) is 4.74 Å². The van der Waals surface area contributed by atoms with E-state index < -0.39 is 0 Å². The van der Waals surface area contributed by atoms with Gasteiger partial charge in [-0.05, 0) is 31.0 Å². The third kappa shape index (κ3) is 2.12. The van der Waals surface area contributed by atoms with Gasteiger partial charge in [0.1, 0.15) is 5.75 Å². The first kappa shape index (κ1) is 12.0. The summed E-state index contributed by atoms with van der Waals surface area (Å²) in [7, 11) is 0. The molecular weight excluding hydrogens is 298 g/mol. The molecule has 5 heteroatoms. The first-order chi connectivity index (χ1) is 8.63. The molecule has 96 valence electrons. The van der Waals surface area contributed by atoms with E-state index in [2.05, 4.69) is 15.9 Å². The Labute approximate surface area is 114 Å². The van der Waals surface area contributed by atoms with Crippen LogP contribution in [0.15, 0.2) is 22.7 Å². The van der Waals surface area contributed by atoms with Crippen LogP contribution >= 0.6 is 15.9 Å². The van der Waals surface area contributed by atoms with Crippen LogP contribution < -0.4 is 0 Å². The Morgan fingerprint density at radius 1 is 1.33 bits per heavy atom. The van der Waals surface area contributed by atoms with Crippen molar-refractivity contribution in [2.75, 3.05) is 13.1 Å². The molecular formula is C13H14BrNO3. The van der Waals surface area contributed by atoms with E-state index in [0.29, 0.717) is 18.7 Å². The predicted octanol–water partition coefficient (Wildman–Crippen LogP) is 2.16. The molecule has 2 bridgehead atoms. The average Bonchev–Trinajstić information content (AvgIpc) is 2.70. The van der Waals surface area contributed by atoms with Crippen molar-refractivity contribution in [1.82, 2.24) is 4.90 Å². The first-order valence-corrected chi connectivity index (χ1v) is 6.86. The van der Waals surface area contributed by atoms with E-state index >= 15 is 0 Å². The number of carbonyl (C=O) groups is 1. The standard InChI is InChI=1S/C13H14BrNO3/c14-8-1-4-12(16)11(5-8)13(17)15-6-9-2-3-10(7-15)18-9/h1,4-5,9-10,16H,2-3,6-7H2. The summed E-state index contributed by atoms with van der Waals surface area (Å²) in [5, 5.41) is 9.78. The number of phenols is 1. The van der Waals surface area contributed by atoms with Crippen molar-refractivity contribution in [3.63, 3.8) is 0 Å². The third-order valence-electron chi connectivity index (χ3n) is 3.52. The molecule has 2 atom stereocenters. The molecule has 0 spiro atoms. The molecule has 2 unspecified atom stereocenters. The zero-order valence-corrected chi connectivity index (χ0v) is 11.4. The summed E-state index contributed by atoms with van der Waals surface area (Å²) in [6.45, 7) is 1.25. The lowest BCUT2D eigenvalue weighted by Crippen LogP contribution is -2.45.